The first kappa shape index (κ1) is 32.9. The van der Waals surface area contributed by atoms with Gasteiger partial charge in [-0.25, -0.2) is 4.79 Å². The van der Waals surface area contributed by atoms with Gasteiger partial charge in [0.2, 0.25) is 0 Å². The zero-order valence-corrected chi connectivity index (χ0v) is 28.9. The van der Waals surface area contributed by atoms with E-state index in [1.165, 1.54) is 22.1 Å². The SMILES string of the molecule is CSC(=S)[C@](C)(OC(=O)N(CCO[Si](c1ccccc1)(c1ccccc1)C(C)(C)C)C(C)C)c1ccc2ccccc2c1. The Morgan fingerprint density at radius 2 is 1.37 bits per heavy atom. The van der Waals surface area contributed by atoms with Gasteiger partial charge in [-0.15, -0.1) is 11.8 Å². The van der Waals surface area contributed by atoms with E-state index in [4.69, 9.17) is 21.4 Å². The highest BCUT2D eigenvalue weighted by Crippen LogP contribution is 2.37. The van der Waals surface area contributed by atoms with Crippen LogP contribution in [-0.4, -0.2) is 49.0 Å². The molecule has 0 saturated carbocycles. The number of thioether (sulfide) groups is 1. The molecule has 0 spiro atoms. The minimum absolute atomic E-state index is 0.0982. The number of ether oxygens (including phenoxy) is 1. The topological polar surface area (TPSA) is 38.8 Å². The largest absolute Gasteiger partial charge is 0.432 e. The van der Waals surface area contributed by atoms with Gasteiger partial charge in [0, 0.05) is 18.2 Å². The van der Waals surface area contributed by atoms with E-state index in [1.54, 1.807) is 4.90 Å². The fraction of sp³-hybridized carbons (Fsp3) is 0.333. The third kappa shape index (κ3) is 6.91. The van der Waals surface area contributed by atoms with E-state index in [0.29, 0.717) is 17.3 Å². The molecule has 4 rings (SSSR count). The number of hydrogen-bond donors (Lipinski definition) is 0. The van der Waals surface area contributed by atoms with E-state index in [2.05, 4.69) is 93.6 Å². The Labute approximate surface area is 267 Å². The van der Waals surface area contributed by atoms with Gasteiger partial charge in [-0.3, -0.25) is 0 Å². The van der Waals surface area contributed by atoms with Crippen molar-refractivity contribution in [1.29, 1.82) is 0 Å². The summed E-state index contributed by atoms with van der Waals surface area (Å²) in [6.45, 7) is 13.4. The van der Waals surface area contributed by atoms with Crippen LogP contribution in [-0.2, 0) is 14.8 Å². The summed E-state index contributed by atoms with van der Waals surface area (Å²) in [5, 5.41) is 4.46. The quantitative estimate of drug-likeness (QED) is 0.131. The molecule has 1 atom stereocenters. The zero-order chi connectivity index (χ0) is 31.3. The van der Waals surface area contributed by atoms with Crippen molar-refractivity contribution in [1.82, 2.24) is 4.90 Å². The van der Waals surface area contributed by atoms with Crippen molar-refractivity contribution in [2.75, 3.05) is 19.4 Å². The average Bonchev–Trinajstić information content (AvgIpc) is 3.00. The van der Waals surface area contributed by atoms with Crippen LogP contribution in [0.25, 0.3) is 10.8 Å². The van der Waals surface area contributed by atoms with E-state index in [0.717, 1.165) is 16.3 Å². The van der Waals surface area contributed by atoms with Crippen LogP contribution < -0.4 is 10.4 Å². The van der Waals surface area contributed by atoms with Gasteiger partial charge in [-0.05, 0) is 59.3 Å². The molecule has 0 saturated heterocycles. The van der Waals surface area contributed by atoms with E-state index in [1.807, 2.05) is 57.4 Å². The number of nitrogens with zero attached hydrogens (tertiary/aromatic N) is 1. The van der Waals surface area contributed by atoms with E-state index < -0.39 is 20.0 Å². The number of benzene rings is 4. The Kier molecular flexibility index (Phi) is 10.5. The molecule has 0 fully saturated rings. The predicted molar refractivity (Wildman–Crippen MR) is 189 cm³/mol. The zero-order valence-electron chi connectivity index (χ0n) is 26.3. The van der Waals surface area contributed by atoms with Crippen LogP contribution in [0.5, 0.6) is 0 Å². The van der Waals surface area contributed by atoms with Gasteiger partial charge in [0.25, 0.3) is 8.32 Å². The lowest BCUT2D eigenvalue weighted by Gasteiger charge is -2.43. The van der Waals surface area contributed by atoms with Crippen molar-refractivity contribution < 1.29 is 14.0 Å². The van der Waals surface area contributed by atoms with E-state index in [-0.39, 0.29) is 11.1 Å². The lowest BCUT2D eigenvalue weighted by atomic mass is 9.95. The van der Waals surface area contributed by atoms with Crippen molar-refractivity contribution in [2.45, 2.75) is 58.2 Å². The Morgan fingerprint density at radius 3 is 1.88 bits per heavy atom. The van der Waals surface area contributed by atoms with Crippen LogP contribution in [0.2, 0.25) is 5.04 Å². The predicted octanol–water partition coefficient (Wildman–Crippen LogP) is 8.17. The molecule has 0 aliphatic rings. The molecule has 0 radical (unpaired) electrons. The van der Waals surface area contributed by atoms with Crippen LogP contribution in [0, 0.1) is 0 Å². The highest BCUT2D eigenvalue weighted by Gasteiger charge is 2.50. The monoisotopic (exact) mass is 629 g/mol. The Balaban J connectivity index is 1.62. The molecule has 0 heterocycles. The van der Waals surface area contributed by atoms with Crippen LogP contribution in [0.15, 0.2) is 103 Å². The molecule has 0 aliphatic carbocycles. The summed E-state index contributed by atoms with van der Waals surface area (Å²) in [5.74, 6) is 0. The second kappa shape index (κ2) is 13.8. The first-order valence-corrected chi connectivity index (χ1v) is 18.3. The van der Waals surface area contributed by atoms with Crippen molar-refractivity contribution in [3.05, 3.63) is 109 Å². The third-order valence-electron chi connectivity index (χ3n) is 8.09. The molecule has 0 bridgehead atoms. The van der Waals surface area contributed by atoms with Gasteiger partial charge in [-0.2, -0.15) is 0 Å². The number of rotatable bonds is 10. The lowest BCUT2D eigenvalue weighted by Crippen LogP contribution is -2.67. The maximum Gasteiger partial charge on any atom is 0.411 e. The van der Waals surface area contributed by atoms with Gasteiger partial charge < -0.3 is 14.1 Å². The number of hydrogen-bond acceptors (Lipinski definition) is 5. The summed E-state index contributed by atoms with van der Waals surface area (Å²) < 4.78 is 14.0. The van der Waals surface area contributed by atoms with Gasteiger partial charge >= 0.3 is 6.09 Å². The van der Waals surface area contributed by atoms with E-state index >= 15 is 0 Å². The van der Waals surface area contributed by atoms with E-state index in [9.17, 15) is 4.79 Å². The molecule has 0 aliphatic heterocycles. The summed E-state index contributed by atoms with van der Waals surface area (Å²) in [7, 11) is -2.74. The van der Waals surface area contributed by atoms with Crippen LogP contribution in [0.3, 0.4) is 0 Å². The summed E-state index contributed by atoms with van der Waals surface area (Å²) in [4.78, 5) is 15.7. The second-order valence-corrected chi connectivity index (χ2v) is 18.0. The molecule has 4 aromatic carbocycles. The maximum absolute atomic E-state index is 13.9. The fourth-order valence-corrected chi connectivity index (χ4v) is 11.0. The second-order valence-electron chi connectivity index (χ2n) is 12.3. The fourth-order valence-electron chi connectivity index (χ4n) is 5.75. The molecule has 43 heavy (non-hydrogen) atoms. The van der Waals surface area contributed by atoms with Gasteiger partial charge in [0.15, 0.2) is 5.60 Å². The number of carbonyl (C=O) groups is 1. The summed E-state index contributed by atoms with van der Waals surface area (Å²) in [6.07, 6.45) is 1.51. The molecule has 0 N–H and O–H groups in total. The lowest BCUT2D eigenvalue weighted by molar-refractivity contribution is 0.0322. The number of thiocarbonyl (C=S) groups is 1. The molecule has 4 aromatic rings. The van der Waals surface area contributed by atoms with Crippen LogP contribution >= 0.6 is 24.0 Å². The Morgan fingerprint density at radius 1 is 0.837 bits per heavy atom. The minimum atomic E-state index is -2.74. The summed E-state index contributed by atoms with van der Waals surface area (Å²) >= 11 is 7.23. The van der Waals surface area contributed by atoms with Crippen molar-refractivity contribution in [3.63, 3.8) is 0 Å². The highest BCUT2D eigenvalue weighted by atomic mass is 32.2. The molecule has 4 nitrogen and oxygen atoms in total. The molecule has 226 valence electrons. The molecule has 7 heteroatoms. The van der Waals surface area contributed by atoms with Gasteiger partial charge in [0.1, 0.15) is 0 Å². The average molecular weight is 630 g/mol. The molecule has 0 aromatic heterocycles. The Bertz CT molecular complexity index is 1500. The molecule has 0 unspecified atom stereocenters. The highest BCUT2D eigenvalue weighted by molar-refractivity contribution is 8.22. The smallest absolute Gasteiger partial charge is 0.411 e. The summed E-state index contributed by atoms with van der Waals surface area (Å²) in [6, 6.07) is 35.3. The van der Waals surface area contributed by atoms with Crippen molar-refractivity contribution in [2.24, 2.45) is 0 Å². The third-order valence-corrected chi connectivity index (χ3v) is 14.8. The van der Waals surface area contributed by atoms with Crippen LogP contribution in [0.1, 0.15) is 47.1 Å². The van der Waals surface area contributed by atoms with Crippen molar-refractivity contribution >= 4 is 63.7 Å². The number of fused-ring (bicyclic) bond motifs is 1. The molecular formula is C36H43NO3S2Si. The van der Waals surface area contributed by atoms with Gasteiger partial charge in [0.05, 0.1) is 10.8 Å². The van der Waals surface area contributed by atoms with Crippen LogP contribution in [0.4, 0.5) is 4.79 Å². The maximum atomic E-state index is 13.9. The van der Waals surface area contributed by atoms with Crippen molar-refractivity contribution in [3.8, 4) is 0 Å². The number of amides is 1. The normalized spacial score (nSPS) is 13.5. The standard InChI is InChI=1S/C36H43NO3S2Si/c1-27(2)37(34(38)40-36(6,33(41)42-7)30-23-22-28-16-14-15-17-29(28)26-30)24-25-39-43(35(3,4)5,31-18-10-8-11-19-31)32-20-12-9-13-21-32/h8-23,26-27H,24-25H2,1-7H3/t36-/m1/s1. The Hall–Kier alpha value is -2.97. The minimum Gasteiger partial charge on any atom is -0.432 e. The summed E-state index contributed by atoms with van der Waals surface area (Å²) in [5.41, 5.74) is -0.229. The molecule has 1 amide bonds. The first-order chi connectivity index (χ1) is 20.4. The first-order valence-electron chi connectivity index (χ1n) is 14.8. The number of carbonyl (C=O) groups excluding carboxylic acids is 1. The van der Waals surface area contributed by atoms with Gasteiger partial charge in [-0.1, -0.05) is 130 Å². The molecular weight excluding hydrogens is 587 g/mol.